The smallest absolute Gasteiger partial charge is 0.240 e. The number of ether oxygens (including phenoxy) is 1. The van der Waals surface area contributed by atoms with Crippen molar-refractivity contribution in [1.82, 2.24) is 4.72 Å². The van der Waals surface area contributed by atoms with Gasteiger partial charge in [-0.2, -0.15) is 0 Å². The third kappa shape index (κ3) is 4.69. The highest BCUT2D eigenvalue weighted by Crippen LogP contribution is 2.20. The van der Waals surface area contributed by atoms with E-state index in [0.29, 0.717) is 24.9 Å². The monoisotopic (exact) mass is 312 g/mol. The second kappa shape index (κ2) is 7.24. The van der Waals surface area contributed by atoms with Crippen LogP contribution in [0.5, 0.6) is 0 Å². The van der Waals surface area contributed by atoms with Crippen molar-refractivity contribution >= 4 is 15.7 Å². The first-order valence-electron chi connectivity index (χ1n) is 7.46. The molecule has 0 amide bonds. The fourth-order valence-electron chi connectivity index (χ4n) is 2.53. The van der Waals surface area contributed by atoms with Gasteiger partial charge in [0.15, 0.2) is 0 Å². The number of sulfonamides is 1. The first-order chi connectivity index (χ1) is 9.99. The summed E-state index contributed by atoms with van der Waals surface area (Å²) < 4.78 is 32.6. The lowest BCUT2D eigenvalue weighted by molar-refractivity contribution is 0.0321. The molecule has 1 fully saturated rings. The Morgan fingerprint density at radius 2 is 2.00 bits per heavy atom. The molecule has 118 valence electrons. The van der Waals surface area contributed by atoms with E-state index in [4.69, 9.17) is 10.5 Å². The summed E-state index contributed by atoms with van der Waals surface area (Å²) in [5, 5.41) is 0. The van der Waals surface area contributed by atoms with Gasteiger partial charge >= 0.3 is 0 Å². The lowest BCUT2D eigenvalue weighted by Crippen LogP contribution is -2.29. The zero-order chi connectivity index (χ0) is 15.3. The van der Waals surface area contributed by atoms with Crippen LogP contribution in [0.1, 0.15) is 37.7 Å². The standard InChI is InChI=1S/C15H24N2O3S/c1-12-11-14(7-8-15(12)16)21(18,19)17-9-10-20-13-5-3-2-4-6-13/h7-8,11,13,17H,2-6,9-10,16H2,1H3. The molecule has 1 aromatic rings. The maximum absolute atomic E-state index is 12.1. The highest BCUT2D eigenvalue weighted by Gasteiger charge is 2.16. The van der Waals surface area contributed by atoms with E-state index in [9.17, 15) is 8.42 Å². The van der Waals surface area contributed by atoms with E-state index in [1.807, 2.05) is 0 Å². The molecule has 21 heavy (non-hydrogen) atoms. The molecule has 6 heteroatoms. The van der Waals surface area contributed by atoms with E-state index in [-0.39, 0.29) is 4.90 Å². The number of rotatable bonds is 6. The Labute approximate surface area is 126 Å². The third-order valence-corrected chi connectivity index (χ3v) is 5.31. The summed E-state index contributed by atoms with van der Waals surface area (Å²) in [6, 6.07) is 4.72. The Kier molecular flexibility index (Phi) is 5.61. The number of aryl methyl sites for hydroxylation is 1. The van der Waals surface area contributed by atoms with Crippen LogP contribution in [0, 0.1) is 6.92 Å². The van der Waals surface area contributed by atoms with Gasteiger partial charge < -0.3 is 10.5 Å². The fourth-order valence-corrected chi connectivity index (χ4v) is 3.63. The molecule has 0 heterocycles. The van der Waals surface area contributed by atoms with Gasteiger partial charge in [-0.25, -0.2) is 13.1 Å². The van der Waals surface area contributed by atoms with Crippen LogP contribution < -0.4 is 10.5 Å². The molecule has 0 spiro atoms. The maximum Gasteiger partial charge on any atom is 0.240 e. The number of hydrogen-bond acceptors (Lipinski definition) is 4. The minimum atomic E-state index is -3.49. The van der Waals surface area contributed by atoms with E-state index in [0.717, 1.165) is 18.4 Å². The number of hydrogen-bond donors (Lipinski definition) is 2. The maximum atomic E-state index is 12.1. The summed E-state index contributed by atoms with van der Waals surface area (Å²) in [5.74, 6) is 0. The fraction of sp³-hybridized carbons (Fsp3) is 0.600. The van der Waals surface area contributed by atoms with Gasteiger partial charge in [0.2, 0.25) is 10.0 Å². The average molecular weight is 312 g/mol. The van der Waals surface area contributed by atoms with Crippen molar-refractivity contribution in [2.24, 2.45) is 0 Å². The molecule has 0 aromatic heterocycles. The molecule has 0 unspecified atom stereocenters. The summed E-state index contributed by atoms with van der Waals surface area (Å²) >= 11 is 0. The van der Waals surface area contributed by atoms with E-state index < -0.39 is 10.0 Å². The molecule has 0 saturated heterocycles. The van der Waals surface area contributed by atoms with Crippen LogP contribution in [0.3, 0.4) is 0 Å². The molecule has 1 aliphatic carbocycles. The lowest BCUT2D eigenvalue weighted by Gasteiger charge is -2.22. The Morgan fingerprint density at radius 3 is 2.67 bits per heavy atom. The van der Waals surface area contributed by atoms with Gasteiger partial charge in [-0.15, -0.1) is 0 Å². The van der Waals surface area contributed by atoms with Gasteiger partial charge in [0, 0.05) is 12.2 Å². The van der Waals surface area contributed by atoms with Crippen LogP contribution in [0.4, 0.5) is 5.69 Å². The average Bonchev–Trinajstić information content (AvgIpc) is 2.47. The quantitative estimate of drug-likeness (QED) is 0.623. The van der Waals surface area contributed by atoms with Crippen LogP contribution in [-0.2, 0) is 14.8 Å². The molecule has 3 N–H and O–H groups in total. The Morgan fingerprint density at radius 1 is 1.29 bits per heavy atom. The van der Waals surface area contributed by atoms with E-state index in [1.54, 1.807) is 19.1 Å². The lowest BCUT2D eigenvalue weighted by atomic mass is 9.98. The molecule has 0 radical (unpaired) electrons. The van der Waals surface area contributed by atoms with Crippen molar-refractivity contribution < 1.29 is 13.2 Å². The second-order valence-corrected chi connectivity index (χ2v) is 7.31. The number of anilines is 1. The van der Waals surface area contributed by atoms with Gasteiger partial charge in [0.05, 0.1) is 17.6 Å². The zero-order valence-electron chi connectivity index (χ0n) is 12.5. The minimum Gasteiger partial charge on any atom is -0.399 e. The normalized spacial score (nSPS) is 17.0. The molecule has 2 rings (SSSR count). The summed E-state index contributed by atoms with van der Waals surface area (Å²) in [5.41, 5.74) is 7.05. The van der Waals surface area contributed by atoms with Gasteiger partial charge in [-0.1, -0.05) is 19.3 Å². The summed E-state index contributed by atoms with van der Waals surface area (Å²) in [6.45, 7) is 2.50. The Bertz CT molecular complexity index is 566. The summed E-state index contributed by atoms with van der Waals surface area (Å²) in [7, 11) is -3.49. The van der Waals surface area contributed by atoms with Crippen LogP contribution in [0.2, 0.25) is 0 Å². The number of nitrogens with two attached hydrogens (primary N) is 1. The predicted molar refractivity (Wildman–Crippen MR) is 83.6 cm³/mol. The van der Waals surface area contributed by atoms with Gasteiger partial charge in [0.25, 0.3) is 0 Å². The molecule has 5 nitrogen and oxygen atoms in total. The summed E-state index contributed by atoms with van der Waals surface area (Å²) in [4.78, 5) is 0.242. The zero-order valence-corrected chi connectivity index (χ0v) is 13.3. The highest BCUT2D eigenvalue weighted by molar-refractivity contribution is 7.89. The van der Waals surface area contributed by atoms with Crippen molar-refractivity contribution in [3.63, 3.8) is 0 Å². The highest BCUT2D eigenvalue weighted by atomic mass is 32.2. The first kappa shape index (κ1) is 16.3. The number of nitrogens with one attached hydrogen (secondary N) is 1. The van der Waals surface area contributed by atoms with Crippen LogP contribution in [0.25, 0.3) is 0 Å². The minimum absolute atomic E-state index is 0.242. The Balaban J connectivity index is 1.82. The first-order valence-corrected chi connectivity index (χ1v) is 8.95. The largest absolute Gasteiger partial charge is 0.399 e. The molecule has 0 aliphatic heterocycles. The van der Waals surface area contributed by atoms with E-state index >= 15 is 0 Å². The van der Waals surface area contributed by atoms with Crippen molar-refractivity contribution in [2.75, 3.05) is 18.9 Å². The van der Waals surface area contributed by atoms with Crippen molar-refractivity contribution in [2.45, 2.75) is 50.0 Å². The van der Waals surface area contributed by atoms with Gasteiger partial charge in [0.1, 0.15) is 0 Å². The molecular weight excluding hydrogens is 288 g/mol. The van der Waals surface area contributed by atoms with E-state index in [2.05, 4.69) is 4.72 Å². The number of nitrogen functional groups attached to an aromatic ring is 1. The second-order valence-electron chi connectivity index (χ2n) is 5.55. The molecule has 1 aromatic carbocycles. The topological polar surface area (TPSA) is 81.4 Å². The van der Waals surface area contributed by atoms with Gasteiger partial charge in [-0.05, 0) is 43.5 Å². The van der Waals surface area contributed by atoms with Crippen LogP contribution in [-0.4, -0.2) is 27.7 Å². The molecular formula is C15H24N2O3S. The molecule has 1 aliphatic rings. The van der Waals surface area contributed by atoms with Crippen molar-refractivity contribution in [1.29, 1.82) is 0 Å². The van der Waals surface area contributed by atoms with Crippen LogP contribution >= 0.6 is 0 Å². The SMILES string of the molecule is Cc1cc(S(=O)(=O)NCCOC2CCCCC2)ccc1N. The van der Waals surface area contributed by atoms with E-state index in [1.165, 1.54) is 25.3 Å². The van der Waals surface area contributed by atoms with Crippen molar-refractivity contribution in [3.05, 3.63) is 23.8 Å². The molecule has 0 bridgehead atoms. The third-order valence-electron chi connectivity index (χ3n) is 3.85. The number of benzene rings is 1. The Hall–Kier alpha value is -1.11. The molecule has 0 atom stereocenters. The predicted octanol–water partition coefficient (Wildman–Crippen LogP) is 2.20. The molecule has 1 saturated carbocycles. The summed E-state index contributed by atoms with van der Waals surface area (Å²) in [6.07, 6.45) is 6.17. The van der Waals surface area contributed by atoms with Crippen LogP contribution in [0.15, 0.2) is 23.1 Å². The van der Waals surface area contributed by atoms with Crippen molar-refractivity contribution in [3.8, 4) is 0 Å². The van der Waals surface area contributed by atoms with Gasteiger partial charge in [-0.3, -0.25) is 0 Å².